The lowest BCUT2D eigenvalue weighted by Gasteiger charge is -2.22. The first kappa shape index (κ1) is 15.8. The van der Waals surface area contributed by atoms with E-state index in [1.807, 2.05) is 24.8 Å². The normalized spacial score (nSPS) is 12.4. The molecular weight excluding hydrogens is 304 g/mol. The number of rotatable bonds is 6. The highest BCUT2D eigenvalue weighted by molar-refractivity contribution is 7.08. The number of carbonyl (C=O) groups excluding carboxylic acids is 1. The standard InChI is InChI=1S/C19H22N2OS/c1-3-21(4-2)19(22)11-16(14-9-10-23-13-14)17-12-20-18-8-6-5-7-15(17)18/h5-10,12-13,16,20H,3-4,11H2,1-2H3. The van der Waals surface area contributed by atoms with Gasteiger partial charge in [-0.05, 0) is 47.9 Å². The lowest BCUT2D eigenvalue weighted by molar-refractivity contribution is -0.131. The van der Waals surface area contributed by atoms with Gasteiger partial charge in [0.1, 0.15) is 0 Å². The summed E-state index contributed by atoms with van der Waals surface area (Å²) in [6.07, 6.45) is 2.57. The summed E-state index contributed by atoms with van der Waals surface area (Å²) in [4.78, 5) is 17.9. The number of carbonyl (C=O) groups is 1. The molecule has 0 saturated carbocycles. The van der Waals surface area contributed by atoms with Crippen molar-refractivity contribution in [1.82, 2.24) is 9.88 Å². The monoisotopic (exact) mass is 326 g/mol. The molecule has 1 atom stereocenters. The van der Waals surface area contributed by atoms with Crippen molar-refractivity contribution in [3.63, 3.8) is 0 Å². The van der Waals surface area contributed by atoms with Gasteiger partial charge in [-0.3, -0.25) is 4.79 Å². The van der Waals surface area contributed by atoms with Crippen LogP contribution < -0.4 is 0 Å². The van der Waals surface area contributed by atoms with E-state index in [4.69, 9.17) is 0 Å². The van der Waals surface area contributed by atoms with E-state index in [1.165, 1.54) is 16.5 Å². The number of hydrogen-bond donors (Lipinski definition) is 1. The second-order valence-electron chi connectivity index (χ2n) is 5.67. The van der Waals surface area contributed by atoms with E-state index in [0.717, 1.165) is 18.6 Å². The molecule has 0 radical (unpaired) electrons. The van der Waals surface area contributed by atoms with Gasteiger partial charge in [-0.25, -0.2) is 0 Å². The Balaban J connectivity index is 1.98. The van der Waals surface area contributed by atoms with Gasteiger partial charge in [0.05, 0.1) is 0 Å². The molecule has 0 aliphatic rings. The Morgan fingerprint density at radius 2 is 2.00 bits per heavy atom. The maximum atomic E-state index is 12.7. The van der Waals surface area contributed by atoms with E-state index in [-0.39, 0.29) is 11.8 Å². The summed E-state index contributed by atoms with van der Waals surface area (Å²) in [5.41, 5.74) is 3.55. The number of benzene rings is 1. The molecular formula is C19H22N2OS. The lowest BCUT2D eigenvalue weighted by Crippen LogP contribution is -2.31. The number of aromatic nitrogens is 1. The van der Waals surface area contributed by atoms with Crippen LogP contribution in [0.4, 0.5) is 0 Å². The lowest BCUT2D eigenvalue weighted by atomic mass is 9.89. The molecule has 120 valence electrons. The average Bonchev–Trinajstić information content (AvgIpc) is 3.24. The van der Waals surface area contributed by atoms with Gasteiger partial charge in [-0.15, -0.1) is 0 Å². The zero-order valence-corrected chi connectivity index (χ0v) is 14.4. The summed E-state index contributed by atoms with van der Waals surface area (Å²) in [6, 6.07) is 10.4. The molecule has 0 fully saturated rings. The third kappa shape index (κ3) is 3.17. The predicted molar refractivity (Wildman–Crippen MR) is 97.0 cm³/mol. The minimum absolute atomic E-state index is 0.102. The number of fused-ring (bicyclic) bond motifs is 1. The molecule has 0 spiro atoms. The zero-order chi connectivity index (χ0) is 16.2. The van der Waals surface area contributed by atoms with Gasteiger partial charge >= 0.3 is 0 Å². The highest BCUT2D eigenvalue weighted by atomic mass is 32.1. The molecule has 1 amide bonds. The number of hydrogen-bond acceptors (Lipinski definition) is 2. The molecule has 1 aromatic carbocycles. The van der Waals surface area contributed by atoms with Crippen molar-refractivity contribution in [2.24, 2.45) is 0 Å². The van der Waals surface area contributed by atoms with Gasteiger partial charge in [0.15, 0.2) is 0 Å². The van der Waals surface area contributed by atoms with Gasteiger partial charge in [-0.2, -0.15) is 11.3 Å². The van der Waals surface area contributed by atoms with Crippen molar-refractivity contribution in [2.75, 3.05) is 13.1 Å². The Hall–Kier alpha value is -2.07. The van der Waals surface area contributed by atoms with Crippen LogP contribution in [0.1, 0.15) is 37.3 Å². The number of para-hydroxylation sites is 1. The fourth-order valence-electron chi connectivity index (χ4n) is 3.14. The third-order valence-electron chi connectivity index (χ3n) is 4.44. The Labute approximate surface area is 140 Å². The predicted octanol–water partition coefficient (Wildman–Crippen LogP) is 4.62. The Morgan fingerprint density at radius 1 is 1.22 bits per heavy atom. The van der Waals surface area contributed by atoms with Gasteiger partial charge in [0.2, 0.25) is 5.91 Å². The zero-order valence-electron chi connectivity index (χ0n) is 13.6. The number of amides is 1. The molecule has 4 heteroatoms. The molecule has 0 aliphatic carbocycles. The van der Waals surface area contributed by atoms with Crippen molar-refractivity contribution in [1.29, 1.82) is 0 Å². The molecule has 1 N–H and O–H groups in total. The van der Waals surface area contributed by atoms with Crippen LogP contribution in [0.2, 0.25) is 0 Å². The fraction of sp³-hybridized carbons (Fsp3) is 0.316. The van der Waals surface area contributed by atoms with Crippen LogP contribution in [0, 0.1) is 0 Å². The van der Waals surface area contributed by atoms with Gasteiger partial charge in [0.25, 0.3) is 0 Å². The Bertz CT molecular complexity index is 772. The van der Waals surface area contributed by atoms with Crippen LogP contribution >= 0.6 is 11.3 Å². The fourth-order valence-corrected chi connectivity index (χ4v) is 3.86. The second-order valence-corrected chi connectivity index (χ2v) is 6.45. The van der Waals surface area contributed by atoms with Crippen LogP contribution in [0.25, 0.3) is 10.9 Å². The molecule has 0 saturated heterocycles. The number of H-pyrrole nitrogens is 1. The Morgan fingerprint density at radius 3 is 2.70 bits per heavy atom. The van der Waals surface area contributed by atoms with E-state index < -0.39 is 0 Å². The van der Waals surface area contributed by atoms with Crippen LogP contribution in [0.5, 0.6) is 0 Å². The minimum atomic E-state index is 0.102. The molecule has 1 unspecified atom stereocenters. The number of aromatic amines is 1. The average molecular weight is 326 g/mol. The SMILES string of the molecule is CCN(CC)C(=O)CC(c1ccsc1)c1c[nH]c2ccccc12. The molecule has 23 heavy (non-hydrogen) atoms. The van der Waals surface area contributed by atoms with E-state index in [2.05, 4.69) is 46.2 Å². The molecule has 3 rings (SSSR count). The summed E-state index contributed by atoms with van der Waals surface area (Å²) < 4.78 is 0. The topological polar surface area (TPSA) is 36.1 Å². The third-order valence-corrected chi connectivity index (χ3v) is 5.14. The van der Waals surface area contributed by atoms with E-state index >= 15 is 0 Å². The highest BCUT2D eigenvalue weighted by Crippen LogP contribution is 2.34. The van der Waals surface area contributed by atoms with Crippen molar-refractivity contribution in [3.05, 3.63) is 58.4 Å². The second kappa shape index (κ2) is 7.01. The summed E-state index contributed by atoms with van der Waals surface area (Å²) in [7, 11) is 0. The first-order valence-electron chi connectivity index (χ1n) is 8.10. The summed E-state index contributed by atoms with van der Waals surface area (Å²) in [5, 5.41) is 5.44. The first-order chi connectivity index (χ1) is 11.2. The highest BCUT2D eigenvalue weighted by Gasteiger charge is 2.23. The maximum Gasteiger partial charge on any atom is 0.223 e. The maximum absolute atomic E-state index is 12.7. The first-order valence-corrected chi connectivity index (χ1v) is 9.04. The number of nitrogens with zero attached hydrogens (tertiary/aromatic N) is 1. The van der Waals surface area contributed by atoms with Crippen LogP contribution in [0.15, 0.2) is 47.3 Å². The summed E-state index contributed by atoms with van der Waals surface area (Å²) >= 11 is 1.68. The molecule has 0 aliphatic heterocycles. The van der Waals surface area contributed by atoms with E-state index in [0.29, 0.717) is 6.42 Å². The molecule has 0 bridgehead atoms. The number of nitrogens with one attached hydrogen (secondary N) is 1. The van der Waals surface area contributed by atoms with E-state index in [1.54, 1.807) is 11.3 Å². The minimum Gasteiger partial charge on any atom is -0.361 e. The van der Waals surface area contributed by atoms with Gasteiger partial charge in [-0.1, -0.05) is 18.2 Å². The quantitative estimate of drug-likeness (QED) is 0.705. The number of thiophene rings is 1. The van der Waals surface area contributed by atoms with Crippen molar-refractivity contribution in [2.45, 2.75) is 26.2 Å². The summed E-state index contributed by atoms with van der Waals surface area (Å²) in [6.45, 7) is 5.60. The summed E-state index contributed by atoms with van der Waals surface area (Å²) in [5.74, 6) is 0.321. The van der Waals surface area contributed by atoms with Gasteiger partial charge < -0.3 is 9.88 Å². The van der Waals surface area contributed by atoms with Crippen molar-refractivity contribution < 1.29 is 4.79 Å². The molecule has 3 nitrogen and oxygen atoms in total. The smallest absolute Gasteiger partial charge is 0.223 e. The Kier molecular flexibility index (Phi) is 4.82. The molecule has 2 heterocycles. The van der Waals surface area contributed by atoms with Gasteiger partial charge in [0, 0.05) is 42.5 Å². The van der Waals surface area contributed by atoms with Crippen LogP contribution in [0.3, 0.4) is 0 Å². The van der Waals surface area contributed by atoms with Crippen LogP contribution in [-0.2, 0) is 4.79 Å². The molecule has 3 aromatic rings. The van der Waals surface area contributed by atoms with Crippen LogP contribution in [-0.4, -0.2) is 28.9 Å². The van der Waals surface area contributed by atoms with Crippen molar-refractivity contribution in [3.8, 4) is 0 Å². The largest absolute Gasteiger partial charge is 0.361 e. The van der Waals surface area contributed by atoms with Crippen molar-refractivity contribution >= 4 is 28.1 Å². The van der Waals surface area contributed by atoms with E-state index in [9.17, 15) is 4.79 Å². The molecule has 2 aromatic heterocycles.